The highest BCUT2D eigenvalue weighted by Gasteiger charge is 2.09. The summed E-state index contributed by atoms with van der Waals surface area (Å²) in [5.41, 5.74) is 2.09. The second-order valence-corrected chi connectivity index (χ2v) is 3.65. The Bertz CT molecular complexity index is 436. The molecule has 0 unspecified atom stereocenters. The molecule has 0 heterocycles. The van der Waals surface area contributed by atoms with Gasteiger partial charge in [0.25, 0.3) is 0 Å². The van der Waals surface area contributed by atoms with Gasteiger partial charge in [0, 0.05) is 12.0 Å². The zero-order chi connectivity index (χ0) is 12.1. The minimum atomic E-state index is -0.165. The number of Topliss-reactive ketones (excluding diaryl/α,β-unsaturated/α-hetero) is 1. The molecule has 0 bridgehead atoms. The lowest BCUT2D eigenvalue weighted by molar-refractivity contribution is -0.115. The number of hydrogen-bond acceptors (Lipinski definition) is 2. The van der Waals surface area contributed by atoms with Crippen LogP contribution in [0.5, 0.6) is 0 Å². The van der Waals surface area contributed by atoms with Gasteiger partial charge >= 0.3 is 0 Å². The molecule has 0 aliphatic rings. The molecule has 16 heavy (non-hydrogen) atoms. The van der Waals surface area contributed by atoms with E-state index >= 15 is 0 Å². The van der Waals surface area contributed by atoms with Gasteiger partial charge in [0.2, 0.25) is 5.91 Å². The van der Waals surface area contributed by atoms with Gasteiger partial charge in [0.05, 0.1) is 5.69 Å². The first-order valence-corrected chi connectivity index (χ1v) is 5.07. The summed E-state index contributed by atoms with van der Waals surface area (Å²) in [4.78, 5) is 22.8. The zero-order valence-electron chi connectivity index (χ0n) is 9.54. The van der Waals surface area contributed by atoms with Crippen LogP contribution in [0.2, 0.25) is 0 Å². The summed E-state index contributed by atoms with van der Waals surface area (Å²) >= 11 is 0. The van der Waals surface area contributed by atoms with E-state index in [1.54, 1.807) is 12.1 Å². The summed E-state index contributed by atoms with van der Waals surface area (Å²) in [6.45, 7) is 6.87. The quantitative estimate of drug-likeness (QED) is 0.622. The van der Waals surface area contributed by atoms with Crippen molar-refractivity contribution < 1.29 is 9.59 Å². The Morgan fingerprint density at radius 2 is 2.12 bits per heavy atom. The molecule has 0 fully saturated rings. The van der Waals surface area contributed by atoms with Crippen molar-refractivity contribution in [3.05, 3.63) is 42.0 Å². The van der Waals surface area contributed by atoms with Crippen LogP contribution in [0.25, 0.3) is 0 Å². The lowest BCUT2D eigenvalue weighted by Gasteiger charge is -2.09. The predicted octanol–water partition coefficient (Wildman–Crippen LogP) is 2.71. The van der Waals surface area contributed by atoms with Crippen LogP contribution in [0.15, 0.2) is 30.9 Å². The number of ketones is 1. The van der Waals surface area contributed by atoms with Gasteiger partial charge in [0.1, 0.15) is 0 Å². The highest BCUT2D eigenvalue weighted by atomic mass is 16.1. The molecular weight excluding hydrogens is 202 g/mol. The Morgan fingerprint density at radius 1 is 1.44 bits per heavy atom. The van der Waals surface area contributed by atoms with E-state index in [1.807, 2.05) is 13.0 Å². The largest absolute Gasteiger partial charge is 0.325 e. The summed E-state index contributed by atoms with van der Waals surface area (Å²) in [6.07, 6.45) is 1.77. The highest BCUT2D eigenvalue weighted by Crippen LogP contribution is 2.18. The molecule has 84 valence electrons. The van der Waals surface area contributed by atoms with E-state index in [9.17, 15) is 9.59 Å². The van der Waals surface area contributed by atoms with E-state index in [0.29, 0.717) is 11.3 Å². The van der Waals surface area contributed by atoms with Crippen molar-refractivity contribution in [2.75, 3.05) is 5.32 Å². The molecule has 0 aromatic heterocycles. The number of carbonyl (C=O) groups is 2. The van der Waals surface area contributed by atoms with Gasteiger partial charge in [-0.25, -0.2) is 0 Å². The first-order chi connectivity index (χ1) is 7.54. The van der Waals surface area contributed by atoms with E-state index in [2.05, 4.69) is 11.9 Å². The summed E-state index contributed by atoms with van der Waals surface area (Å²) in [5, 5.41) is 2.69. The van der Waals surface area contributed by atoms with E-state index in [1.165, 1.54) is 13.0 Å². The Balaban J connectivity index is 2.99. The number of hydrogen-bond donors (Lipinski definition) is 1. The van der Waals surface area contributed by atoms with E-state index < -0.39 is 0 Å². The lowest BCUT2D eigenvalue weighted by atomic mass is 10.1. The topological polar surface area (TPSA) is 46.2 Å². The standard InChI is InChI=1S/C13H15NO2/c1-4-5-13(16)14-12-7-6-9(2)8-11(12)10(3)15/h4,6-8H,1,5H2,2-3H3,(H,14,16). The Morgan fingerprint density at radius 3 is 2.69 bits per heavy atom. The predicted molar refractivity (Wildman–Crippen MR) is 64.6 cm³/mol. The number of amides is 1. The second-order valence-electron chi connectivity index (χ2n) is 3.65. The fourth-order valence-electron chi connectivity index (χ4n) is 1.39. The molecule has 3 heteroatoms. The summed E-state index contributed by atoms with van der Waals surface area (Å²) in [6, 6.07) is 5.37. The number of benzene rings is 1. The van der Waals surface area contributed by atoms with Crippen LogP contribution in [0, 0.1) is 6.92 Å². The third-order valence-corrected chi connectivity index (χ3v) is 2.16. The molecule has 0 saturated heterocycles. The minimum absolute atomic E-state index is 0.0578. The molecular formula is C13H15NO2. The number of carbonyl (C=O) groups excluding carboxylic acids is 2. The van der Waals surface area contributed by atoms with Gasteiger partial charge in [-0.3, -0.25) is 9.59 Å². The molecule has 0 radical (unpaired) electrons. The van der Waals surface area contributed by atoms with Gasteiger partial charge < -0.3 is 5.32 Å². The number of nitrogens with one attached hydrogen (secondary N) is 1. The Hall–Kier alpha value is -1.90. The van der Waals surface area contributed by atoms with Gasteiger partial charge in [-0.2, -0.15) is 0 Å². The van der Waals surface area contributed by atoms with Crippen LogP contribution in [0.3, 0.4) is 0 Å². The van der Waals surface area contributed by atoms with Crippen molar-refractivity contribution in [1.82, 2.24) is 0 Å². The van der Waals surface area contributed by atoms with Crippen LogP contribution < -0.4 is 5.32 Å². The van der Waals surface area contributed by atoms with Gasteiger partial charge in [0.15, 0.2) is 5.78 Å². The first kappa shape index (κ1) is 12.2. The summed E-state index contributed by atoms with van der Waals surface area (Å²) in [5.74, 6) is -0.223. The zero-order valence-corrected chi connectivity index (χ0v) is 9.54. The third kappa shape index (κ3) is 3.05. The lowest BCUT2D eigenvalue weighted by Crippen LogP contribution is -2.12. The fraction of sp³-hybridized carbons (Fsp3) is 0.231. The van der Waals surface area contributed by atoms with Gasteiger partial charge in [-0.1, -0.05) is 17.7 Å². The Labute approximate surface area is 95.2 Å². The highest BCUT2D eigenvalue weighted by molar-refractivity contribution is 6.04. The van der Waals surface area contributed by atoms with Crippen molar-refractivity contribution in [2.45, 2.75) is 20.3 Å². The number of rotatable bonds is 4. The molecule has 0 spiro atoms. The maximum absolute atomic E-state index is 11.4. The number of anilines is 1. The summed E-state index contributed by atoms with van der Waals surface area (Å²) in [7, 11) is 0. The fourth-order valence-corrected chi connectivity index (χ4v) is 1.39. The molecule has 0 saturated carbocycles. The van der Waals surface area contributed by atoms with Crippen LogP contribution >= 0.6 is 0 Å². The van der Waals surface area contributed by atoms with Crippen molar-refractivity contribution in [3.8, 4) is 0 Å². The molecule has 1 amide bonds. The van der Waals surface area contributed by atoms with Crippen LogP contribution in [0.1, 0.15) is 29.3 Å². The van der Waals surface area contributed by atoms with E-state index in [0.717, 1.165) is 5.56 Å². The van der Waals surface area contributed by atoms with Crippen molar-refractivity contribution >= 4 is 17.4 Å². The molecule has 3 nitrogen and oxygen atoms in total. The van der Waals surface area contributed by atoms with Crippen LogP contribution in [0.4, 0.5) is 5.69 Å². The van der Waals surface area contributed by atoms with Crippen molar-refractivity contribution in [1.29, 1.82) is 0 Å². The second kappa shape index (κ2) is 5.26. The summed E-state index contributed by atoms with van der Waals surface area (Å²) < 4.78 is 0. The minimum Gasteiger partial charge on any atom is -0.325 e. The maximum Gasteiger partial charge on any atom is 0.228 e. The third-order valence-electron chi connectivity index (χ3n) is 2.16. The normalized spacial score (nSPS) is 9.62. The average molecular weight is 217 g/mol. The molecule has 1 aromatic rings. The monoisotopic (exact) mass is 217 g/mol. The SMILES string of the molecule is C=CCC(=O)Nc1ccc(C)cc1C(C)=O. The maximum atomic E-state index is 11.4. The van der Waals surface area contributed by atoms with Crippen molar-refractivity contribution in [2.24, 2.45) is 0 Å². The average Bonchev–Trinajstić information content (AvgIpc) is 2.20. The molecule has 0 atom stereocenters. The van der Waals surface area contributed by atoms with Crippen LogP contribution in [-0.4, -0.2) is 11.7 Å². The molecule has 1 aromatic carbocycles. The smallest absolute Gasteiger partial charge is 0.228 e. The van der Waals surface area contributed by atoms with E-state index in [-0.39, 0.29) is 18.1 Å². The molecule has 0 aliphatic carbocycles. The van der Waals surface area contributed by atoms with Gasteiger partial charge in [-0.15, -0.1) is 6.58 Å². The van der Waals surface area contributed by atoms with Crippen LogP contribution in [-0.2, 0) is 4.79 Å². The first-order valence-electron chi connectivity index (χ1n) is 5.07. The molecule has 0 aliphatic heterocycles. The van der Waals surface area contributed by atoms with E-state index in [4.69, 9.17) is 0 Å². The Kier molecular flexibility index (Phi) is 4.00. The number of aryl methyl sites for hydroxylation is 1. The van der Waals surface area contributed by atoms with Crippen molar-refractivity contribution in [3.63, 3.8) is 0 Å². The van der Waals surface area contributed by atoms with Gasteiger partial charge in [-0.05, 0) is 26.0 Å². The molecule has 1 N–H and O–H groups in total. The molecule has 1 rings (SSSR count).